The second kappa shape index (κ2) is 4.81. The van der Waals surface area contributed by atoms with Crippen molar-refractivity contribution in [2.24, 2.45) is 11.8 Å². The number of nitrogens with one attached hydrogen (secondary N) is 1. The molecular formula is C13H19FN2. The lowest BCUT2D eigenvalue weighted by Gasteiger charge is -2.33. The zero-order valence-electron chi connectivity index (χ0n) is 9.91. The molecule has 2 rings (SSSR count). The molecule has 0 spiro atoms. The molecule has 1 saturated carbocycles. The molecule has 0 saturated heterocycles. The SMILES string of the molecule is CC1CCC(Nc2ccc(F)nc2)C(C)C1. The third-order valence-electron chi connectivity index (χ3n) is 3.51. The van der Waals surface area contributed by atoms with Gasteiger partial charge in [0.1, 0.15) is 0 Å². The van der Waals surface area contributed by atoms with Crippen molar-refractivity contribution in [1.29, 1.82) is 0 Å². The quantitative estimate of drug-likeness (QED) is 0.775. The molecule has 1 fully saturated rings. The van der Waals surface area contributed by atoms with Gasteiger partial charge in [-0.2, -0.15) is 4.39 Å². The largest absolute Gasteiger partial charge is 0.381 e. The molecule has 0 amide bonds. The number of nitrogens with zero attached hydrogens (tertiary/aromatic N) is 1. The van der Waals surface area contributed by atoms with Gasteiger partial charge in [0, 0.05) is 6.04 Å². The Labute approximate surface area is 96.3 Å². The molecule has 1 heterocycles. The van der Waals surface area contributed by atoms with Crippen LogP contribution in [0.25, 0.3) is 0 Å². The Morgan fingerprint density at radius 3 is 2.75 bits per heavy atom. The maximum atomic E-state index is 12.7. The molecule has 1 aliphatic rings. The van der Waals surface area contributed by atoms with Gasteiger partial charge in [0.2, 0.25) is 5.95 Å². The van der Waals surface area contributed by atoms with Crippen molar-refractivity contribution in [3.8, 4) is 0 Å². The average Bonchev–Trinajstić information content (AvgIpc) is 2.25. The first-order chi connectivity index (χ1) is 7.65. The Kier molecular flexibility index (Phi) is 3.42. The Morgan fingerprint density at radius 1 is 1.31 bits per heavy atom. The van der Waals surface area contributed by atoms with E-state index < -0.39 is 5.95 Å². The minimum Gasteiger partial charge on any atom is -0.381 e. The molecule has 0 bridgehead atoms. The topological polar surface area (TPSA) is 24.9 Å². The molecule has 88 valence electrons. The normalized spacial score (nSPS) is 30.1. The maximum Gasteiger partial charge on any atom is 0.212 e. The Morgan fingerprint density at radius 2 is 2.12 bits per heavy atom. The number of pyridine rings is 1. The van der Waals surface area contributed by atoms with Crippen molar-refractivity contribution in [2.75, 3.05) is 5.32 Å². The van der Waals surface area contributed by atoms with E-state index in [1.54, 1.807) is 12.3 Å². The van der Waals surface area contributed by atoms with E-state index in [1.807, 2.05) is 0 Å². The van der Waals surface area contributed by atoms with Crippen LogP contribution >= 0.6 is 0 Å². The summed E-state index contributed by atoms with van der Waals surface area (Å²) < 4.78 is 12.7. The minimum atomic E-state index is -0.420. The van der Waals surface area contributed by atoms with Gasteiger partial charge in [0.15, 0.2) is 0 Å². The van der Waals surface area contributed by atoms with Crippen molar-refractivity contribution >= 4 is 5.69 Å². The van der Waals surface area contributed by atoms with E-state index in [-0.39, 0.29) is 0 Å². The van der Waals surface area contributed by atoms with Gasteiger partial charge in [-0.25, -0.2) is 4.98 Å². The summed E-state index contributed by atoms with van der Waals surface area (Å²) in [5, 5.41) is 3.45. The molecule has 3 unspecified atom stereocenters. The number of hydrogen-bond acceptors (Lipinski definition) is 2. The molecule has 0 aliphatic heterocycles. The van der Waals surface area contributed by atoms with Crippen LogP contribution in [0.1, 0.15) is 33.1 Å². The first-order valence-electron chi connectivity index (χ1n) is 6.03. The lowest BCUT2D eigenvalue weighted by Crippen LogP contribution is -2.33. The minimum absolute atomic E-state index is 0.420. The van der Waals surface area contributed by atoms with E-state index in [4.69, 9.17) is 0 Å². The molecule has 1 aromatic rings. The van der Waals surface area contributed by atoms with Crippen LogP contribution in [0.5, 0.6) is 0 Å². The van der Waals surface area contributed by atoms with Gasteiger partial charge in [-0.15, -0.1) is 0 Å². The summed E-state index contributed by atoms with van der Waals surface area (Å²) in [4.78, 5) is 3.66. The van der Waals surface area contributed by atoms with Crippen molar-refractivity contribution in [3.05, 3.63) is 24.3 Å². The predicted octanol–water partition coefficient (Wildman–Crippen LogP) is 3.46. The molecular weight excluding hydrogens is 203 g/mol. The van der Waals surface area contributed by atoms with E-state index in [1.165, 1.54) is 25.3 Å². The molecule has 2 nitrogen and oxygen atoms in total. The fourth-order valence-electron chi connectivity index (χ4n) is 2.56. The first-order valence-corrected chi connectivity index (χ1v) is 6.03. The van der Waals surface area contributed by atoms with Gasteiger partial charge >= 0.3 is 0 Å². The van der Waals surface area contributed by atoms with Crippen LogP contribution in [0.3, 0.4) is 0 Å². The predicted molar refractivity (Wildman–Crippen MR) is 63.8 cm³/mol. The van der Waals surface area contributed by atoms with Crippen molar-refractivity contribution in [1.82, 2.24) is 4.98 Å². The highest BCUT2D eigenvalue weighted by molar-refractivity contribution is 5.41. The summed E-state index contributed by atoms with van der Waals surface area (Å²) in [6.45, 7) is 4.59. The highest BCUT2D eigenvalue weighted by Crippen LogP contribution is 2.30. The van der Waals surface area contributed by atoms with Gasteiger partial charge in [0.25, 0.3) is 0 Å². The van der Waals surface area contributed by atoms with Crippen molar-refractivity contribution < 1.29 is 4.39 Å². The van der Waals surface area contributed by atoms with Crippen LogP contribution in [-0.2, 0) is 0 Å². The molecule has 1 aliphatic carbocycles. The molecule has 16 heavy (non-hydrogen) atoms. The second-order valence-corrected chi connectivity index (χ2v) is 5.02. The van der Waals surface area contributed by atoms with Crippen molar-refractivity contribution in [2.45, 2.75) is 39.2 Å². The molecule has 0 radical (unpaired) electrons. The maximum absolute atomic E-state index is 12.7. The van der Waals surface area contributed by atoms with Crippen LogP contribution in [0, 0.1) is 17.8 Å². The number of rotatable bonds is 2. The van der Waals surface area contributed by atoms with Gasteiger partial charge in [-0.1, -0.05) is 13.8 Å². The van der Waals surface area contributed by atoms with Crippen molar-refractivity contribution in [3.63, 3.8) is 0 Å². The third kappa shape index (κ3) is 2.71. The van der Waals surface area contributed by atoms with Gasteiger partial charge < -0.3 is 5.32 Å². The van der Waals surface area contributed by atoms with Gasteiger partial charge in [0.05, 0.1) is 11.9 Å². The summed E-state index contributed by atoms with van der Waals surface area (Å²) in [6, 6.07) is 3.66. The highest BCUT2D eigenvalue weighted by Gasteiger charge is 2.24. The monoisotopic (exact) mass is 222 g/mol. The number of halogens is 1. The first kappa shape index (κ1) is 11.4. The van der Waals surface area contributed by atoms with E-state index in [2.05, 4.69) is 24.1 Å². The van der Waals surface area contributed by atoms with Crippen LogP contribution in [0.2, 0.25) is 0 Å². The summed E-state index contributed by atoms with van der Waals surface area (Å²) >= 11 is 0. The average molecular weight is 222 g/mol. The molecule has 3 atom stereocenters. The summed E-state index contributed by atoms with van der Waals surface area (Å²) in [6.07, 6.45) is 5.31. The third-order valence-corrected chi connectivity index (χ3v) is 3.51. The summed E-state index contributed by atoms with van der Waals surface area (Å²) in [5.41, 5.74) is 0.924. The lowest BCUT2D eigenvalue weighted by molar-refractivity contribution is 0.276. The van der Waals surface area contributed by atoms with Crippen LogP contribution in [0.4, 0.5) is 10.1 Å². The van der Waals surface area contributed by atoms with E-state index in [0.29, 0.717) is 12.0 Å². The standard InChI is InChI=1S/C13H19FN2/c1-9-3-5-12(10(2)7-9)16-11-4-6-13(14)15-8-11/h4,6,8-10,12,16H,3,5,7H2,1-2H3. The number of aromatic nitrogens is 1. The smallest absolute Gasteiger partial charge is 0.212 e. The van der Waals surface area contributed by atoms with Gasteiger partial charge in [-0.3, -0.25) is 0 Å². The van der Waals surface area contributed by atoms with Gasteiger partial charge in [-0.05, 0) is 43.2 Å². The Bertz CT molecular complexity index is 336. The van der Waals surface area contributed by atoms with E-state index in [0.717, 1.165) is 11.6 Å². The zero-order valence-corrected chi connectivity index (χ0v) is 9.91. The second-order valence-electron chi connectivity index (χ2n) is 5.02. The molecule has 3 heteroatoms. The number of hydrogen-bond donors (Lipinski definition) is 1. The summed E-state index contributed by atoms with van der Waals surface area (Å²) in [7, 11) is 0. The fourth-order valence-corrected chi connectivity index (χ4v) is 2.56. The fraction of sp³-hybridized carbons (Fsp3) is 0.615. The Hall–Kier alpha value is -1.12. The Balaban J connectivity index is 1.96. The van der Waals surface area contributed by atoms with Crippen LogP contribution in [-0.4, -0.2) is 11.0 Å². The molecule has 0 aromatic carbocycles. The van der Waals surface area contributed by atoms with E-state index >= 15 is 0 Å². The van der Waals surface area contributed by atoms with Crippen LogP contribution in [0.15, 0.2) is 18.3 Å². The zero-order chi connectivity index (χ0) is 11.5. The lowest BCUT2D eigenvalue weighted by atomic mass is 9.80. The van der Waals surface area contributed by atoms with E-state index in [9.17, 15) is 4.39 Å². The highest BCUT2D eigenvalue weighted by atomic mass is 19.1. The molecule has 1 aromatic heterocycles. The molecule has 1 N–H and O–H groups in total. The van der Waals surface area contributed by atoms with Crippen LogP contribution < -0.4 is 5.32 Å². The summed E-state index contributed by atoms with van der Waals surface area (Å²) in [5.74, 6) is 1.09. The number of anilines is 1.